The highest BCUT2D eigenvalue weighted by Gasteiger charge is 2.20. The fraction of sp³-hybridized carbons (Fsp3) is 0.353. The Hall–Kier alpha value is -1.87. The van der Waals surface area contributed by atoms with Crippen molar-refractivity contribution in [1.82, 2.24) is 10.3 Å². The average Bonchev–Trinajstić information content (AvgIpc) is 3.31. The lowest BCUT2D eigenvalue weighted by Gasteiger charge is -2.11. The van der Waals surface area contributed by atoms with Crippen LogP contribution in [0.2, 0.25) is 0 Å². The van der Waals surface area contributed by atoms with E-state index in [1.54, 1.807) is 6.20 Å². The molecule has 1 aromatic carbocycles. The van der Waals surface area contributed by atoms with Gasteiger partial charge in [-0.3, -0.25) is 0 Å². The molecule has 0 amide bonds. The van der Waals surface area contributed by atoms with E-state index in [1.807, 2.05) is 18.2 Å². The molecular formula is C17H20N2O. The third-order valence-corrected chi connectivity index (χ3v) is 3.53. The molecule has 0 radical (unpaired) electrons. The zero-order valence-corrected chi connectivity index (χ0v) is 11.8. The van der Waals surface area contributed by atoms with Crippen molar-refractivity contribution >= 4 is 0 Å². The molecular weight excluding hydrogens is 248 g/mol. The molecule has 1 aromatic heterocycles. The van der Waals surface area contributed by atoms with Gasteiger partial charge in [0.2, 0.25) is 5.88 Å². The molecule has 0 bridgehead atoms. The molecule has 1 heterocycles. The van der Waals surface area contributed by atoms with Crippen molar-refractivity contribution in [2.45, 2.75) is 38.8 Å². The van der Waals surface area contributed by atoms with Gasteiger partial charge in [0, 0.05) is 24.3 Å². The Morgan fingerprint density at radius 2 is 2.15 bits per heavy atom. The largest absolute Gasteiger partial charge is 0.439 e. The second kappa shape index (κ2) is 6.06. The highest BCUT2D eigenvalue weighted by atomic mass is 16.5. The van der Waals surface area contributed by atoms with E-state index in [2.05, 4.69) is 35.4 Å². The molecule has 0 spiro atoms. The van der Waals surface area contributed by atoms with Crippen LogP contribution in [0.4, 0.5) is 0 Å². The fourth-order valence-electron chi connectivity index (χ4n) is 2.13. The second-order valence-corrected chi connectivity index (χ2v) is 5.23. The Labute approximate surface area is 120 Å². The van der Waals surface area contributed by atoms with Crippen LogP contribution >= 0.6 is 0 Å². The number of ether oxygens (including phenoxy) is 1. The number of nitrogens with one attached hydrogen (secondary N) is 1. The van der Waals surface area contributed by atoms with Gasteiger partial charge in [-0.15, -0.1) is 0 Å². The summed E-state index contributed by atoms with van der Waals surface area (Å²) in [5, 5.41) is 3.50. The van der Waals surface area contributed by atoms with Gasteiger partial charge in [0.1, 0.15) is 5.75 Å². The van der Waals surface area contributed by atoms with Crippen LogP contribution in [-0.2, 0) is 13.0 Å². The maximum absolute atomic E-state index is 5.95. The Morgan fingerprint density at radius 1 is 1.25 bits per heavy atom. The molecule has 20 heavy (non-hydrogen) atoms. The summed E-state index contributed by atoms with van der Waals surface area (Å²) in [6.07, 6.45) is 5.36. The number of nitrogens with zero attached hydrogens (tertiary/aromatic N) is 1. The van der Waals surface area contributed by atoms with E-state index < -0.39 is 0 Å². The Bertz CT molecular complexity index is 579. The van der Waals surface area contributed by atoms with Gasteiger partial charge in [0.15, 0.2) is 0 Å². The van der Waals surface area contributed by atoms with E-state index >= 15 is 0 Å². The first-order valence-corrected chi connectivity index (χ1v) is 7.29. The topological polar surface area (TPSA) is 34.1 Å². The van der Waals surface area contributed by atoms with Crippen molar-refractivity contribution in [3.05, 3.63) is 53.7 Å². The predicted octanol–water partition coefficient (Wildman–Crippen LogP) is 3.69. The highest BCUT2D eigenvalue weighted by molar-refractivity contribution is 5.34. The molecule has 3 rings (SSSR count). The lowest BCUT2D eigenvalue weighted by molar-refractivity contribution is 0.452. The lowest BCUT2D eigenvalue weighted by Crippen LogP contribution is -2.16. The number of aromatic nitrogens is 1. The van der Waals surface area contributed by atoms with Crippen molar-refractivity contribution in [3.8, 4) is 11.6 Å². The average molecular weight is 268 g/mol. The minimum Gasteiger partial charge on any atom is -0.439 e. The standard InChI is InChI=1S/C17H20N2O/c1-2-13-5-3-7-16(11-13)20-17-14(6-4-10-18-17)12-19-15-8-9-15/h3-7,10-11,15,19H,2,8-9,12H2,1H3. The quantitative estimate of drug-likeness (QED) is 0.867. The highest BCUT2D eigenvalue weighted by Crippen LogP contribution is 2.25. The minimum atomic E-state index is 0.687. The monoisotopic (exact) mass is 268 g/mol. The molecule has 2 aromatic rings. The van der Waals surface area contributed by atoms with Crippen LogP contribution < -0.4 is 10.1 Å². The van der Waals surface area contributed by atoms with Gasteiger partial charge >= 0.3 is 0 Å². The van der Waals surface area contributed by atoms with Gasteiger partial charge in [-0.25, -0.2) is 4.98 Å². The van der Waals surface area contributed by atoms with Crippen LogP contribution in [0.15, 0.2) is 42.6 Å². The van der Waals surface area contributed by atoms with Gasteiger partial charge in [-0.1, -0.05) is 25.1 Å². The van der Waals surface area contributed by atoms with Crippen molar-refractivity contribution < 1.29 is 4.74 Å². The first-order valence-electron chi connectivity index (χ1n) is 7.29. The number of rotatable bonds is 6. The molecule has 0 aliphatic heterocycles. The third kappa shape index (κ3) is 3.36. The Kier molecular flexibility index (Phi) is 3.97. The zero-order chi connectivity index (χ0) is 13.8. The zero-order valence-electron chi connectivity index (χ0n) is 11.8. The van der Waals surface area contributed by atoms with Crippen molar-refractivity contribution in [3.63, 3.8) is 0 Å². The molecule has 1 aliphatic carbocycles. The summed E-state index contributed by atoms with van der Waals surface area (Å²) < 4.78 is 5.95. The van der Waals surface area contributed by atoms with Gasteiger partial charge < -0.3 is 10.1 Å². The molecule has 3 heteroatoms. The summed E-state index contributed by atoms with van der Waals surface area (Å²) in [5.74, 6) is 1.56. The van der Waals surface area contributed by atoms with Crippen LogP contribution in [0, 0.1) is 0 Å². The van der Waals surface area contributed by atoms with Crippen LogP contribution in [-0.4, -0.2) is 11.0 Å². The summed E-state index contributed by atoms with van der Waals surface area (Å²) in [4.78, 5) is 4.37. The van der Waals surface area contributed by atoms with Gasteiger partial charge in [-0.2, -0.15) is 0 Å². The number of hydrogen-bond acceptors (Lipinski definition) is 3. The Morgan fingerprint density at radius 3 is 2.95 bits per heavy atom. The maximum atomic E-state index is 5.95. The number of hydrogen-bond donors (Lipinski definition) is 1. The van der Waals surface area contributed by atoms with E-state index in [-0.39, 0.29) is 0 Å². The smallest absolute Gasteiger partial charge is 0.223 e. The van der Waals surface area contributed by atoms with Gasteiger partial charge in [0.25, 0.3) is 0 Å². The first-order chi connectivity index (χ1) is 9.85. The fourth-order valence-corrected chi connectivity index (χ4v) is 2.13. The number of aryl methyl sites for hydroxylation is 1. The molecule has 0 atom stereocenters. The van der Waals surface area contributed by atoms with Crippen molar-refractivity contribution in [2.24, 2.45) is 0 Å². The maximum Gasteiger partial charge on any atom is 0.223 e. The van der Waals surface area contributed by atoms with E-state index in [0.29, 0.717) is 11.9 Å². The molecule has 1 saturated carbocycles. The summed E-state index contributed by atoms with van der Waals surface area (Å²) >= 11 is 0. The molecule has 3 nitrogen and oxygen atoms in total. The van der Waals surface area contributed by atoms with Crippen LogP contribution in [0.25, 0.3) is 0 Å². The SMILES string of the molecule is CCc1cccc(Oc2ncccc2CNC2CC2)c1. The van der Waals surface area contributed by atoms with E-state index in [4.69, 9.17) is 4.74 Å². The van der Waals surface area contributed by atoms with Crippen LogP contribution in [0.3, 0.4) is 0 Å². The molecule has 0 saturated heterocycles. The molecule has 1 N–H and O–H groups in total. The van der Waals surface area contributed by atoms with E-state index in [0.717, 1.165) is 24.3 Å². The second-order valence-electron chi connectivity index (χ2n) is 5.23. The lowest BCUT2D eigenvalue weighted by atomic mass is 10.2. The van der Waals surface area contributed by atoms with Crippen LogP contribution in [0.1, 0.15) is 30.9 Å². The van der Waals surface area contributed by atoms with E-state index in [9.17, 15) is 0 Å². The van der Waals surface area contributed by atoms with Gasteiger partial charge in [-0.05, 0) is 43.0 Å². The minimum absolute atomic E-state index is 0.687. The normalized spacial score (nSPS) is 14.2. The Balaban J connectivity index is 1.74. The number of pyridine rings is 1. The van der Waals surface area contributed by atoms with Crippen LogP contribution in [0.5, 0.6) is 11.6 Å². The van der Waals surface area contributed by atoms with Crippen molar-refractivity contribution in [1.29, 1.82) is 0 Å². The first kappa shape index (κ1) is 13.1. The van der Waals surface area contributed by atoms with Crippen molar-refractivity contribution in [2.75, 3.05) is 0 Å². The summed E-state index contributed by atoms with van der Waals surface area (Å²) in [7, 11) is 0. The molecule has 1 aliphatic rings. The third-order valence-electron chi connectivity index (χ3n) is 3.53. The molecule has 0 unspecified atom stereocenters. The molecule has 1 fully saturated rings. The van der Waals surface area contributed by atoms with Gasteiger partial charge in [0.05, 0.1) is 0 Å². The summed E-state index contributed by atoms with van der Waals surface area (Å²) in [6.45, 7) is 2.96. The number of benzene rings is 1. The molecule has 104 valence electrons. The summed E-state index contributed by atoms with van der Waals surface area (Å²) in [5.41, 5.74) is 2.39. The van der Waals surface area contributed by atoms with E-state index in [1.165, 1.54) is 18.4 Å². The predicted molar refractivity (Wildman–Crippen MR) is 80.0 cm³/mol. The summed E-state index contributed by atoms with van der Waals surface area (Å²) in [6, 6.07) is 12.9.